The van der Waals surface area contributed by atoms with E-state index in [-0.39, 0.29) is 0 Å². The lowest BCUT2D eigenvalue weighted by molar-refractivity contribution is 0.106. The number of hydrogen-bond donors (Lipinski definition) is 1. The number of nitrogens with zero attached hydrogens (tertiary/aromatic N) is 2. The Balaban J connectivity index is 1.90. The van der Waals surface area contributed by atoms with Crippen molar-refractivity contribution in [2.75, 3.05) is 40.3 Å². The van der Waals surface area contributed by atoms with Gasteiger partial charge in [0.1, 0.15) is 0 Å². The molecule has 3 nitrogen and oxygen atoms in total. The quantitative estimate of drug-likeness (QED) is 0.701. The van der Waals surface area contributed by atoms with Crippen molar-refractivity contribution >= 4 is 0 Å². The summed E-state index contributed by atoms with van der Waals surface area (Å²) in [7, 11) is 4.37. The zero-order valence-electron chi connectivity index (χ0n) is 14.1. The second-order valence-corrected chi connectivity index (χ2v) is 7.54. The van der Waals surface area contributed by atoms with Crippen molar-refractivity contribution < 1.29 is 0 Å². The molecule has 0 radical (unpaired) electrons. The largest absolute Gasteiger partial charge is 0.313 e. The molecule has 0 aromatic rings. The van der Waals surface area contributed by atoms with E-state index in [1.165, 1.54) is 64.7 Å². The highest BCUT2D eigenvalue weighted by Gasteiger charge is 2.37. The molecule has 0 heterocycles. The molecule has 0 amide bonds. The van der Waals surface area contributed by atoms with E-state index in [1.54, 1.807) is 0 Å². The van der Waals surface area contributed by atoms with E-state index < -0.39 is 0 Å². The molecular formula is C17H35N3. The van der Waals surface area contributed by atoms with Gasteiger partial charge < -0.3 is 10.2 Å². The van der Waals surface area contributed by atoms with Crippen LogP contribution in [-0.4, -0.2) is 62.2 Å². The molecule has 2 aliphatic carbocycles. The van der Waals surface area contributed by atoms with Crippen molar-refractivity contribution in [1.29, 1.82) is 0 Å². The number of rotatable bonds is 9. The van der Waals surface area contributed by atoms with Gasteiger partial charge in [-0.1, -0.05) is 19.8 Å². The molecule has 1 unspecified atom stereocenters. The number of hydrogen-bond acceptors (Lipinski definition) is 3. The SMILES string of the molecule is CCN(CC1(CNC2CC2)CCCC1)C(C)CN(C)C. The van der Waals surface area contributed by atoms with Gasteiger partial charge in [-0.3, -0.25) is 4.90 Å². The third-order valence-corrected chi connectivity index (χ3v) is 5.20. The molecule has 2 saturated carbocycles. The first-order valence-electron chi connectivity index (χ1n) is 8.67. The number of likely N-dealkylation sites (N-methyl/N-ethyl adjacent to an activating group) is 2. The van der Waals surface area contributed by atoms with Crippen LogP contribution in [0, 0.1) is 5.41 Å². The third-order valence-electron chi connectivity index (χ3n) is 5.20. The van der Waals surface area contributed by atoms with Crippen molar-refractivity contribution in [3.8, 4) is 0 Å². The molecule has 0 saturated heterocycles. The molecule has 0 bridgehead atoms. The second-order valence-electron chi connectivity index (χ2n) is 7.54. The summed E-state index contributed by atoms with van der Waals surface area (Å²) in [5, 5.41) is 3.81. The van der Waals surface area contributed by atoms with Crippen molar-refractivity contribution in [3.63, 3.8) is 0 Å². The van der Waals surface area contributed by atoms with E-state index in [0.717, 1.165) is 6.04 Å². The summed E-state index contributed by atoms with van der Waals surface area (Å²) < 4.78 is 0. The lowest BCUT2D eigenvalue weighted by Crippen LogP contribution is -2.48. The summed E-state index contributed by atoms with van der Waals surface area (Å²) in [5.41, 5.74) is 0.555. The molecule has 118 valence electrons. The Morgan fingerprint density at radius 1 is 1.20 bits per heavy atom. The topological polar surface area (TPSA) is 18.5 Å². The van der Waals surface area contributed by atoms with Crippen molar-refractivity contribution in [2.45, 2.75) is 64.5 Å². The highest BCUT2D eigenvalue weighted by atomic mass is 15.2. The average Bonchev–Trinajstić information content (AvgIpc) is 3.12. The van der Waals surface area contributed by atoms with Crippen LogP contribution in [0.15, 0.2) is 0 Å². The summed E-state index contributed by atoms with van der Waals surface area (Å²) in [5.74, 6) is 0. The molecule has 0 aromatic heterocycles. The Morgan fingerprint density at radius 3 is 2.35 bits per heavy atom. The first kappa shape index (κ1) is 16.3. The normalized spacial score (nSPS) is 23.7. The van der Waals surface area contributed by atoms with Gasteiger partial charge in [0.05, 0.1) is 0 Å². The zero-order valence-corrected chi connectivity index (χ0v) is 14.1. The molecule has 0 aromatic carbocycles. The second kappa shape index (κ2) is 7.24. The van der Waals surface area contributed by atoms with Gasteiger partial charge in [-0.2, -0.15) is 0 Å². The van der Waals surface area contributed by atoms with Gasteiger partial charge in [0.2, 0.25) is 0 Å². The van der Waals surface area contributed by atoms with E-state index in [4.69, 9.17) is 0 Å². The van der Waals surface area contributed by atoms with Crippen LogP contribution in [-0.2, 0) is 0 Å². The maximum atomic E-state index is 3.81. The maximum Gasteiger partial charge on any atom is 0.0194 e. The van der Waals surface area contributed by atoms with Gasteiger partial charge in [0, 0.05) is 31.7 Å². The van der Waals surface area contributed by atoms with E-state index in [2.05, 4.69) is 43.1 Å². The van der Waals surface area contributed by atoms with Crippen molar-refractivity contribution in [3.05, 3.63) is 0 Å². The minimum atomic E-state index is 0.555. The monoisotopic (exact) mass is 281 g/mol. The molecule has 1 N–H and O–H groups in total. The molecular weight excluding hydrogens is 246 g/mol. The van der Waals surface area contributed by atoms with Gasteiger partial charge in [-0.05, 0) is 58.7 Å². The highest BCUT2D eigenvalue weighted by molar-refractivity contribution is 4.93. The predicted octanol–water partition coefficient (Wildman–Crippen LogP) is 2.57. The van der Waals surface area contributed by atoms with Crippen LogP contribution >= 0.6 is 0 Å². The minimum Gasteiger partial charge on any atom is -0.313 e. The third kappa shape index (κ3) is 4.71. The molecule has 1 atom stereocenters. The fourth-order valence-electron chi connectivity index (χ4n) is 3.82. The van der Waals surface area contributed by atoms with Gasteiger partial charge in [-0.25, -0.2) is 0 Å². The lowest BCUT2D eigenvalue weighted by atomic mass is 9.85. The van der Waals surface area contributed by atoms with E-state index in [9.17, 15) is 0 Å². The van der Waals surface area contributed by atoms with Gasteiger partial charge in [-0.15, -0.1) is 0 Å². The van der Waals surface area contributed by atoms with E-state index in [0.29, 0.717) is 11.5 Å². The van der Waals surface area contributed by atoms with E-state index >= 15 is 0 Å². The molecule has 2 aliphatic rings. The fraction of sp³-hybridized carbons (Fsp3) is 1.00. The highest BCUT2D eigenvalue weighted by Crippen LogP contribution is 2.39. The van der Waals surface area contributed by atoms with Gasteiger partial charge >= 0.3 is 0 Å². The maximum absolute atomic E-state index is 3.81. The molecule has 20 heavy (non-hydrogen) atoms. The number of nitrogens with one attached hydrogen (secondary N) is 1. The summed E-state index contributed by atoms with van der Waals surface area (Å²) in [6.07, 6.45) is 8.54. The summed E-state index contributed by atoms with van der Waals surface area (Å²) in [6.45, 7) is 9.60. The van der Waals surface area contributed by atoms with Crippen LogP contribution < -0.4 is 5.32 Å². The Kier molecular flexibility index (Phi) is 5.88. The molecule has 0 aliphatic heterocycles. The molecule has 3 heteroatoms. The summed E-state index contributed by atoms with van der Waals surface area (Å²) in [4.78, 5) is 5.02. The molecule has 2 rings (SSSR count). The van der Waals surface area contributed by atoms with Gasteiger partial charge in [0.15, 0.2) is 0 Å². The standard InChI is InChI=1S/C17H35N3/c1-5-20(15(2)12-19(3)4)14-17(10-6-7-11-17)13-18-16-8-9-16/h15-16,18H,5-14H2,1-4H3. The van der Waals surface area contributed by atoms with Crippen LogP contribution in [0.2, 0.25) is 0 Å². The van der Waals surface area contributed by atoms with Crippen LogP contribution in [0.25, 0.3) is 0 Å². The lowest BCUT2D eigenvalue weighted by Gasteiger charge is -2.39. The summed E-state index contributed by atoms with van der Waals surface area (Å²) >= 11 is 0. The van der Waals surface area contributed by atoms with Gasteiger partial charge in [0.25, 0.3) is 0 Å². The van der Waals surface area contributed by atoms with Crippen molar-refractivity contribution in [1.82, 2.24) is 15.1 Å². The fourth-order valence-corrected chi connectivity index (χ4v) is 3.82. The Labute approximate surface area is 126 Å². The minimum absolute atomic E-state index is 0.555. The average molecular weight is 281 g/mol. The van der Waals surface area contributed by atoms with Crippen LogP contribution in [0.4, 0.5) is 0 Å². The summed E-state index contributed by atoms with van der Waals surface area (Å²) in [6, 6.07) is 1.51. The smallest absolute Gasteiger partial charge is 0.0194 e. The van der Waals surface area contributed by atoms with Crippen LogP contribution in [0.5, 0.6) is 0 Å². The zero-order chi connectivity index (χ0) is 14.6. The Morgan fingerprint density at radius 2 is 1.85 bits per heavy atom. The molecule has 2 fully saturated rings. The van der Waals surface area contributed by atoms with Crippen LogP contribution in [0.3, 0.4) is 0 Å². The first-order chi connectivity index (χ1) is 9.54. The Hall–Kier alpha value is -0.120. The molecule has 0 spiro atoms. The predicted molar refractivity (Wildman–Crippen MR) is 87.2 cm³/mol. The first-order valence-corrected chi connectivity index (χ1v) is 8.67. The van der Waals surface area contributed by atoms with Crippen molar-refractivity contribution in [2.24, 2.45) is 5.41 Å². The van der Waals surface area contributed by atoms with Crippen LogP contribution in [0.1, 0.15) is 52.4 Å². The Bertz CT molecular complexity index is 280. The van der Waals surface area contributed by atoms with E-state index in [1.807, 2.05) is 0 Å².